The molecular weight excluding hydrogens is 302 g/mol. The fraction of sp³-hybridized carbons (Fsp3) is 0.556. The summed E-state index contributed by atoms with van der Waals surface area (Å²) in [7, 11) is 0. The molecule has 0 saturated carbocycles. The van der Waals surface area contributed by atoms with Crippen LogP contribution in [0.2, 0.25) is 0 Å². The summed E-state index contributed by atoms with van der Waals surface area (Å²) in [5, 5.41) is 6.65. The van der Waals surface area contributed by atoms with Crippen molar-refractivity contribution in [2.75, 3.05) is 32.8 Å². The highest BCUT2D eigenvalue weighted by Crippen LogP contribution is 2.04. The van der Waals surface area contributed by atoms with Gasteiger partial charge in [-0.05, 0) is 38.8 Å². The molecule has 2 aromatic rings. The first-order valence-electron chi connectivity index (χ1n) is 8.86. The number of ether oxygens (including phenoxy) is 1. The van der Waals surface area contributed by atoms with E-state index in [2.05, 4.69) is 33.7 Å². The summed E-state index contributed by atoms with van der Waals surface area (Å²) >= 11 is 0. The van der Waals surface area contributed by atoms with Gasteiger partial charge in [0.2, 0.25) is 0 Å². The van der Waals surface area contributed by atoms with Crippen LogP contribution in [0.4, 0.5) is 0 Å². The minimum atomic E-state index is 0.788. The van der Waals surface area contributed by atoms with E-state index in [0.29, 0.717) is 0 Å². The van der Waals surface area contributed by atoms with Crippen LogP contribution in [-0.4, -0.2) is 48.2 Å². The van der Waals surface area contributed by atoms with Gasteiger partial charge in [0, 0.05) is 51.7 Å². The second kappa shape index (κ2) is 10.6. The SMILES string of the molecule is CCNC(=NCCCCOCC)NCCc1cn2ccccc2n1. The van der Waals surface area contributed by atoms with Gasteiger partial charge >= 0.3 is 0 Å². The number of guanidine groups is 1. The average Bonchev–Trinajstić information content (AvgIpc) is 3.00. The molecule has 132 valence electrons. The normalized spacial score (nSPS) is 11.8. The van der Waals surface area contributed by atoms with Gasteiger partial charge < -0.3 is 19.8 Å². The standard InChI is InChI=1S/C18H29N5O/c1-3-19-18(20-11-6-8-14-24-4-2)21-12-10-16-15-23-13-7-5-9-17(23)22-16/h5,7,9,13,15H,3-4,6,8,10-12,14H2,1-2H3,(H2,19,20,21). The van der Waals surface area contributed by atoms with Crippen molar-refractivity contribution in [3.8, 4) is 0 Å². The van der Waals surface area contributed by atoms with Crippen molar-refractivity contribution in [3.05, 3.63) is 36.3 Å². The Morgan fingerprint density at radius 3 is 2.96 bits per heavy atom. The van der Waals surface area contributed by atoms with Crippen LogP contribution in [0.1, 0.15) is 32.4 Å². The topological polar surface area (TPSA) is 63.0 Å². The molecule has 0 unspecified atom stereocenters. The molecule has 6 heteroatoms. The predicted octanol–water partition coefficient (Wildman–Crippen LogP) is 2.25. The van der Waals surface area contributed by atoms with Crippen molar-refractivity contribution >= 4 is 11.6 Å². The van der Waals surface area contributed by atoms with E-state index in [-0.39, 0.29) is 0 Å². The van der Waals surface area contributed by atoms with Crippen LogP contribution in [0.25, 0.3) is 5.65 Å². The Kier molecular flexibility index (Phi) is 8.10. The highest BCUT2D eigenvalue weighted by molar-refractivity contribution is 5.79. The van der Waals surface area contributed by atoms with Crippen LogP contribution in [0, 0.1) is 0 Å². The summed E-state index contributed by atoms with van der Waals surface area (Å²) < 4.78 is 7.39. The van der Waals surface area contributed by atoms with Gasteiger partial charge in [-0.15, -0.1) is 0 Å². The maximum absolute atomic E-state index is 5.34. The molecule has 6 nitrogen and oxygen atoms in total. The van der Waals surface area contributed by atoms with E-state index in [0.717, 1.165) is 69.4 Å². The molecule has 2 heterocycles. The lowest BCUT2D eigenvalue weighted by Gasteiger charge is -2.10. The van der Waals surface area contributed by atoms with E-state index in [4.69, 9.17) is 4.74 Å². The summed E-state index contributed by atoms with van der Waals surface area (Å²) in [5.74, 6) is 0.873. The molecule has 0 aromatic carbocycles. The fourth-order valence-corrected chi connectivity index (χ4v) is 2.41. The van der Waals surface area contributed by atoms with Crippen molar-refractivity contribution in [2.45, 2.75) is 33.1 Å². The lowest BCUT2D eigenvalue weighted by Crippen LogP contribution is -2.38. The van der Waals surface area contributed by atoms with Crippen molar-refractivity contribution in [1.82, 2.24) is 20.0 Å². The number of rotatable bonds is 10. The molecule has 0 fully saturated rings. The van der Waals surface area contributed by atoms with E-state index in [1.807, 2.05) is 35.7 Å². The largest absolute Gasteiger partial charge is 0.382 e. The summed E-state index contributed by atoms with van der Waals surface area (Å²) in [6, 6.07) is 6.04. The number of aliphatic imine (C=N–C) groups is 1. The van der Waals surface area contributed by atoms with Gasteiger partial charge in [-0.25, -0.2) is 4.98 Å². The maximum atomic E-state index is 5.34. The summed E-state index contributed by atoms with van der Waals surface area (Å²) in [6.45, 7) is 8.20. The molecular formula is C18H29N5O. The van der Waals surface area contributed by atoms with Gasteiger partial charge in [0.25, 0.3) is 0 Å². The fourth-order valence-electron chi connectivity index (χ4n) is 2.41. The van der Waals surface area contributed by atoms with E-state index >= 15 is 0 Å². The maximum Gasteiger partial charge on any atom is 0.191 e. The molecule has 0 aliphatic rings. The highest BCUT2D eigenvalue weighted by atomic mass is 16.5. The number of pyridine rings is 1. The van der Waals surface area contributed by atoms with Crippen LogP contribution in [0.15, 0.2) is 35.6 Å². The van der Waals surface area contributed by atoms with Gasteiger partial charge in [0.1, 0.15) is 5.65 Å². The van der Waals surface area contributed by atoms with Gasteiger partial charge in [0.15, 0.2) is 5.96 Å². The number of hydrogen-bond acceptors (Lipinski definition) is 3. The van der Waals surface area contributed by atoms with E-state index < -0.39 is 0 Å². The zero-order chi connectivity index (χ0) is 17.0. The average molecular weight is 331 g/mol. The van der Waals surface area contributed by atoms with Crippen LogP contribution in [-0.2, 0) is 11.2 Å². The summed E-state index contributed by atoms with van der Waals surface area (Å²) in [5.41, 5.74) is 2.07. The molecule has 0 bridgehead atoms. The molecule has 0 radical (unpaired) electrons. The smallest absolute Gasteiger partial charge is 0.191 e. The number of nitrogens with zero attached hydrogens (tertiary/aromatic N) is 3. The van der Waals surface area contributed by atoms with Crippen molar-refractivity contribution < 1.29 is 4.74 Å². The van der Waals surface area contributed by atoms with Crippen molar-refractivity contribution in [3.63, 3.8) is 0 Å². The zero-order valence-corrected chi connectivity index (χ0v) is 14.8. The van der Waals surface area contributed by atoms with Crippen molar-refractivity contribution in [2.24, 2.45) is 4.99 Å². The lowest BCUT2D eigenvalue weighted by molar-refractivity contribution is 0.144. The number of unbranched alkanes of at least 4 members (excludes halogenated alkanes) is 1. The Bertz CT molecular complexity index is 590. The van der Waals surface area contributed by atoms with Crippen LogP contribution < -0.4 is 10.6 Å². The molecule has 0 aliphatic heterocycles. The van der Waals surface area contributed by atoms with Gasteiger partial charge in [-0.1, -0.05) is 6.07 Å². The van der Waals surface area contributed by atoms with Gasteiger partial charge in [-0.2, -0.15) is 0 Å². The molecule has 0 amide bonds. The number of fused-ring (bicyclic) bond motifs is 1. The number of imidazole rings is 1. The highest BCUT2D eigenvalue weighted by Gasteiger charge is 2.02. The minimum absolute atomic E-state index is 0.788. The lowest BCUT2D eigenvalue weighted by atomic mass is 10.3. The monoisotopic (exact) mass is 331 g/mol. The second-order valence-electron chi connectivity index (χ2n) is 5.54. The number of hydrogen-bond donors (Lipinski definition) is 2. The van der Waals surface area contributed by atoms with Gasteiger partial charge in [-0.3, -0.25) is 4.99 Å². The molecule has 0 saturated heterocycles. The summed E-state index contributed by atoms with van der Waals surface area (Å²) in [4.78, 5) is 9.21. The van der Waals surface area contributed by atoms with E-state index in [1.54, 1.807) is 0 Å². The van der Waals surface area contributed by atoms with Crippen molar-refractivity contribution in [1.29, 1.82) is 0 Å². The number of aromatic nitrogens is 2. The Hall–Kier alpha value is -2.08. The first-order valence-corrected chi connectivity index (χ1v) is 8.86. The molecule has 2 N–H and O–H groups in total. The molecule has 2 rings (SSSR count). The molecule has 24 heavy (non-hydrogen) atoms. The van der Waals surface area contributed by atoms with Gasteiger partial charge in [0.05, 0.1) is 5.69 Å². The quantitative estimate of drug-likeness (QED) is 0.398. The van der Waals surface area contributed by atoms with E-state index in [1.165, 1.54) is 0 Å². The molecule has 0 spiro atoms. The second-order valence-corrected chi connectivity index (χ2v) is 5.54. The Balaban J connectivity index is 1.73. The van der Waals surface area contributed by atoms with Crippen LogP contribution in [0.5, 0.6) is 0 Å². The molecule has 2 aromatic heterocycles. The predicted molar refractivity (Wildman–Crippen MR) is 98.6 cm³/mol. The van der Waals surface area contributed by atoms with Crippen LogP contribution in [0.3, 0.4) is 0 Å². The molecule has 0 aliphatic carbocycles. The first kappa shape index (κ1) is 18.3. The van der Waals surface area contributed by atoms with Crippen LogP contribution >= 0.6 is 0 Å². The third-order valence-corrected chi connectivity index (χ3v) is 3.60. The Labute approximate surface area is 144 Å². The Morgan fingerprint density at radius 2 is 2.17 bits per heavy atom. The minimum Gasteiger partial charge on any atom is -0.382 e. The first-order chi connectivity index (χ1) is 11.8. The van der Waals surface area contributed by atoms with E-state index in [9.17, 15) is 0 Å². The summed E-state index contributed by atoms with van der Waals surface area (Å²) in [6.07, 6.45) is 7.07. The zero-order valence-electron chi connectivity index (χ0n) is 14.8. The third kappa shape index (κ3) is 6.20. The Morgan fingerprint density at radius 1 is 1.25 bits per heavy atom. The third-order valence-electron chi connectivity index (χ3n) is 3.60. The molecule has 0 atom stereocenters. The number of nitrogens with one attached hydrogen (secondary N) is 2.